The highest BCUT2D eigenvalue weighted by molar-refractivity contribution is 5.80. The van der Waals surface area contributed by atoms with Crippen molar-refractivity contribution < 1.29 is 4.79 Å². The normalized spacial score (nSPS) is 19.1. The van der Waals surface area contributed by atoms with Crippen molar-refractivity contribution in [3.05, 3.63) is 18.0 Å². The third-order valence-corrected chi connectivity index (χ3v) is 4.94. The van der Waals surface area contributed by atoms with Crippen molar-refractivity contribution >= 4 is 17.4 Å². The second-order valence-corrected chi connectivity index (χ2v) is 6.34. The number of hydrogen-bond donors (Lipinski definition) is 0. The molecule has 0 aromatic carbocycles. The Morgan fingerprint density at radius 3 is 2.73 bits per heavy atom. The summed E-state index contributed by atoms with van der Waals surface area (Å²) in [5, 5.41) is 12.6. The summed E-state index contributed by atoms with van der Waals surface area (Å²) in [6.45, 7) is 3.57. The molecule has 7 nitrogen and oxygen atoms in total. The van der Waals surface area contributed by atoms with Crippen molar-refractivity contribution in [1.82, 2.24) is 24.7 Å². The Morgan fingerprint density at radius 2 is 2.05 bits per heavy atom. The monoisotopic (exact) mass is 300 g/mol. The van der Waals surface area contributed by atoms with E-state index in [1.165, 1.54) is 6.42 Å². The van der Waals surface area contributed by atoms with Gasteiger partial charge in [0.05, 0.1) is 6.04 Å². The van der Waals surface area contributed by atoms with E-state index in [0.29, 0.717) is 11.9 Å². The van der Waals surface area contributed by atoms with Crippen molar-refractivity contribution in [3.8, 4) is 0 Å². The number of anilines is 1. The lowest BCUT2D eigenvalue weighted by atomic mass is 9.84. The van der Waals surface area contributed by atoms with Gasteiger partial charge in [-0.3, -0.25) is 4.79 Å². The molecule has 2 aliphatic rings. The molecule has 1 aliphatic carbocycles. The summed E-state index contributed by atoms with van der Waals surface area (Å²) in [7, 11) is 1.93. The molecule has 2 aromatic heterocycles. The van der Waals surface area contributed by atoms with Crippen LogP contribution in [0.25, 0.3) is 5.65 Å². The van der Waals surface area contributed by atoms with Crippen molar-refractivity contribution in [2.75, 3.05) is 25.0 Å². The lowest BCUT2D eigenvalue weighted by Crippen LogP contribution is -2.61. The lowest BCUT2D eigenvalue weighted by molar-refractivity contribution is -0.139. The zero-order valence-electron chi connectivity index (χ0n) is 12.9. The van der Waals surface area contributed by atoms with E-state index in [0.717, 1.165) is 43.2 Å². The van der Waals surface area contributed by atoms with Crippen molar-refractivity contribution in [1.29, 1.82) is 0 Å². The van der Waals surface area contributed by atoms with E-state index < -0.39 is 0 Å². The molecule has 1 saturated heterocycles. The average Bonchev–Trinajstić information content (AvgIpc) is 2.76. The third kappa shape index (κ3) is 2.03. The fraction of sp³-hybridized carbons (Fsp3) is 0.600. The van der Waals surface area contributed by atoms with E-state index in [1.54, 1.807) is 4.52 Å². The van der Waals surface area contributed by atoms with Crippen molar-refractivity contribution in [2.24, 2.45) is 5.92 Å². The summed E-state index contributed by atoms with van der Waals surface area (Å²) in [4.78, 5) is 16.4. The predicted octanol–water partition coefficient (Wildman–Crippen LogP) is 0.880. The second-order valence-electron chi connectivity index (χ2n) is 6.34. The molecule has 4 rings (SSSR count). The largest absolute Gasteiger partial charge is 0.351 e. The second kappa shape index (κ2) is 4.93. The SMILES string of the molecule is Cc1nnc2ccc(N3CC(N(C)C(=O)C4CCC4)C3)nn12. The maximum Gasteiger partial charge on any atom is 0.225 e. The van der Waals surface area contributed by atoms with Gasteiger partial charge in [0.25, 0.3) is 0 Å². The third-order valence-electron chi connectivity index (χ3n) is 4.94. The molecule has 22 heavy (non-hydrogen) atoms. The number of aromatic nitrogens is 4. The molecule has 116 valence electrons. The van der Waals surface area contributed by atoms with Crippen LogP contribution in [0.2, 0.25) is 0 Å². The highest BCUT2D eigenvalue weighted by Crippen LogP contribution is 2.30. The van der Waals surface area contributed by atoms with Gasteiger partial charge >= 0.3 is 0 Å². The number of carbonyl (C=O) groups is 1. The molecular formula is C15H20N6O. The Balaban J connectivity index is 1.43. The van der Waals surface area contributed by atoms with Gasteiger partial charge in [-0.2, -0.15) is 4.52 Å². The summed E-state index contributed by atoms with van der Waals surface area (Å²) in [6, 6.07) is 4.19. The van der Waals surface area contributed by atoms with Gasteiger partial charge in [0.2, 0.25) is 5.91 Å². The number of amides is 1. The first-order chi connectivity index (χ1) is 10.6. The molecular weight excluding hydrogens is 280 g/mol. The quantitative estimate of drug-likeness (QED) is 0.842. The van der Waals surface area contributed by atoms with Gasteiger partial charge in [0.1, 0.15) is 5.82 Å². The zero-order chi connectivity index (χ0) is 15.3. The fourth-order valence-corrected chi connectivity index (χ4v) is 3.07. The maximum atomic E-state index is 12.3. The Labute approximate surface area is 128 Å². The molecule has 0 N–H and O–H groups in total. The first kappa shape index (κ1) is 13.5. The summed E-state index contributed by atoms with van der Waals surface area (Å²) in [6.07, 6.45) is 3.32. The van der Waals surface area contributed by atoms with Gasteiger partial charge in [-0.05, 0) is 31.9 Å². The molecule has 2 fully saturated rings. The van der Waals surface area contributed by atoms with Gasteiger partial charge in [-0.15, -0.1) is 15.3 Å². The molecule has 2 aromatic rings. The van der Waals surface area contributed by atoms with Gasteiger partial charge in [0.15, 0.2) is 11.5 Å². The molecule has 1 amide bonds. The van der Waals surface area contributed by atoms with E-state index in [1.807, 2.05) is 31.0 Å². The molecule has 1 aliphatic heterocycles. The summed E-state index contributed by atoms with van der Waals surface area (Å²) in [5.74, 6) is 2.28. The molecule has 0 unspecified atom stereocenters. The molecule has 1 saturated carbocycles. The smallest absolute Gasteiger partial charge is 0.225 e. The number of hydrogen-bond acceptors (Lipinski definition) is 5. The van der Waals surface area contributed by atoms with Gasteiger partial charge in [-0.25, -0.2) is 0 Å². The minimum Gasteiger partial charge on any atom is -0.351 e. The number of fused-ring (bicyclic) bond motifs is 1. The van der Waals surface area contributed by atoms with Crippen LogP contribution in [0.1, 0.15) is 25.1 Å². The Bertz CT molecular complexity index is 716. The van der Waals surface area contributed by atoms with Crippen molar-refractivity contribution in [3.63, 3.8) is 0 Å². The van der Waals surface area contributed by atoms with Crippen LogP contribution in [0.3, 0.4) is 0 Å². The van der Waals surface area contributed by atoms with Crippen LogP contribution < -0.4 is 4.90 Å². The minimum absolute atomic E-state index is 0.271. The van der Waals surface area contributed by atoms with Crippen LogP contribution in [0.15, 0.2) is 12.1 Å². The van der Waals surface area contributed by atoms with Crippen LogP contribution in [-0.2, 0) is 4.79 Å². The van der Waals surface area contributed by atoms with Gasteiger partial charge < -0.3 is 9.80 Å². The zero-order valence-corrected chi connectivity index (χ0v) is 12.9. The van der Waals surface area contributed by atoms with E-state index >= 15 is 0 Å². The first-order valence-corrected chi connectivity index (χ1v) is 7.84. The molecule has 0 bridgehead atoms. The summed E-state index contributed by atoms with van der Waals surface area (Å²) >= 11 is 0. The van der Waals surface area contributed by atoms with E-state index in [2.05, 4.69) is 20.2 Å². The Kier molecular flexibility index (Phi) is 3.02. The summed E-state index contributed by atoms with van der Waals surface area (Å²) in [5.41, 5.74) is 0.760. The first-order valence-electron chi connectivity index (χ1n) is 7.84. The molecule has 0 atom stereocenters. The number of aryl methyl sites for hydroxylation is 1. The number of likely N-dealkylation sites (N-methyl/N-ethyl adjacent to an activating group) is 1. The Morgan fingerprint density at radius 1 is 1.27 bits per heavy atom. The highest BCUT2D eigenvalue weighted by atomic mass is 16.2. The van der Waals surface area contributed by atoms with Crippen LogP contribution in [0.5, 0.6) is 0 Å². The van der Waals surface area contributed by atoms with Crippen molar-refractivity contribution in [2.45, 2.75) is 32.2 Å². The fourth-order valence-electron chi connectivity index (χ4n) is 3.07. The van der Waals surface area contributed by atoms with Gasteiger partial charge in [-0.1, -0.05) is 6.42 Å². The topological polar surface area (TPSA) is 66.6 Å². The standard InChI is InChI=1S/C15H20N6O/c1-10-16-17-13-6-7-14(18-21(10)13)20-8-12(9-20)19(2)15(22)11-4-3-5-11/h6-7,11-12H,3-5,8-9H2,1-2H3. The molecule has 3 heterocycles. The van der Waals surface area contributed by atoms with E-state index in [9.17, 15) is 4.79 Å². The average molecular weight is 300 g/mol. The summed E-state index contributed by atoms with van der Waals surface area (Å²) < 4.78 is 1.76. The van der Waals surface area contributed by atoms with Crippen LogP contribution >= 0.6 is 0 Å². The minimum atomic E-state index is 0.271. The van der Waals surface area contributed by atoms with E-state index in [-0.39, 0.29) is 5.92 Å². The highest BCUT2D eigenvalue weighted by Gasteiger charge is 2.37. The number of rotatable bonds is 3. The molecule has 0 radical (unpaired) electrons. The van der Waals surface area contributed by atoms with Crippen LogP contribution in [0.4, 0.5) is 5.82 Å². The lowest BCUT2D eigenvalue weighted by Gasteiger charge is -2.46. The number of carbonyl (C=O) groups excluding carboxylic acids is 1. The van der Waals surface area contributed by atoms with Crippen LogP contribution in [0, 0.1) is 12.8 Å². The number of nitrogens with zero attached hydrogens (tertiary/aromatic N) is 6. The maximum absolute atomic E-state index is 12.3. The Hall–Kier alpha value is -2.18. The predicted molar refractivity (Wildman–Crippen MR) is 81.6 cm³/mol. The molecule has 7 heteroatoms. The van der Waals surface area contributed by atoms with Crippen LogP contribution in [-0.4, -0.2) is 56.8 Å². The van der Waals surface area contributed by atoms with E-state index in [4.69, 9.17) is 0 Å². The van der Waals surface area contributed by atoms with Gasteiger partial charge in [0, 0.05) is 26.1 Å². The molecule has 0 spiro atoms.